The number of nitrogens with one attached hydrogen (secondary N) is 1. The maximum absolute atomic E-state index is 5.47. The Morgan fingerprint density at radius 2 is 2.25 bits per heavy atom. The molecule has 1 saturated carbocycles. The molecule has 2 heterocycles. The predicted octanol–water partition coefficient (Wildman–Crippen LogP) is 4.10. The van der Waals surface area contributed by atoms with Gasteiger partial charge in [-0.05, 0) is 31.7 Å². The summed E-state index contributed by atoms with van der Waals surface area (Å²) in [5, 5.41) is 1.18. The van der Waals surface area contributed by atoms with E-state index in [1.54, 1.807) is 11.3 Å². The van der Waals surface area contributed by atoms with Crippen LogP contribution in [0, 0.1) is 11.6 Å². The molecule has 0 aliphatic heterocycles. The summed E-state index contributed by atoms with van der Waals surface area (Å²) in [6.45, 7) is 4.34. The van der Waals surface area contributed by atoms with E-state index in [2.05, 4.69) is 18.8 Å². The highest BCUT2D eigenvalue weighted by molar-refractivity contribution is 7.71. The van der Waals surface area contributed by atoms with Crippen molar-refractivity contribution < 1.29 is 0 Å². The van der Waals surface area contributed by atoms with Crippen molar-refractivity contribution >= 4 is 33.8 Å². The van der Waals surface area contributed by atoms with E-state index in [0.29, 0.717) is 5.92 Å². The largest absolute Gasteiger partial charge is 0.334 e. The molecular formula is C12H14N2S2. The van der Waals surface area contributed by atoms with E-state index < -0.39 is 0 Å². The molecule has 84 valence electrons. The Kier molecular flexibility index (Phi) is 2.37. The Bertz CT molecular complexity index is 605. The van der Waals surface area contributed by atoms with Crippen molar-refractivity contribution in [1.82, 2.24) is 9.97 Å². The molecule has 0 atom stereocenters. The molecule has 2 aromatic heterocycles. The normalized spacial score (nSPS) is 15.9. The van der Waals surface area contributed by atoms with Crippen LogP contribution in [0.15, 0.2) is 0 Å². The standard InChI is InChI=1S/C12H14N2S2/c1-3-8-6(2)16-12-9(8)11(15)13-10(14-12)7-4-5-7/h7H,3-5H2,1-2H3,(H,13,14,15). The van der Waals surface area contributed by atoms with Crippen molar-refractivity contribution in [3.05, 3.63) is 20.9 Å². The average Bonchev–Trinajstić information content (AvgIpc) is 3.02. The first-order chi connectivity index (χ1) is 7.70. The Balaban J connectivity index is 2.32. The van der Waals surface area contributed by atoms with Gasteiger partial charge in [0.25, 0.3) is 0 Å². The minimum atomic E-state index is 0.638. The van der Waals surface area contributed by atoms with E-state index in [0.717, 1.165) is 21.7 Å². The third-order valence-electron chi connectivity index (χ3n) is 3.20. The van der Waals surface area contributed by atoms with Gasteiger partial charge in [0, 0.05) is 16.2 Å². The fourth-order valence-electron chi connectivity index (χ4n) is 2.17. The molecule has 0 radical (unpaired) electrons. The summed E-state index contributed by atoms with van der Waals surface area (Å²) in [5.74, 6) is 1.74. The lowest BCUT2D eigenvalue weighted by Gasteiger charge is -2.00. The smallest absolute Gasteiger partial charge is 0.128 e. The highest BCUT2D eigenvalue weighted by Crippen LogP contribution is 2.39. The summed E-state index contributed by atoms with van der Waals surface area (Å²) >= 11 is 7.25. The summed E-state index contributed by atoms with van der Waals surface area (Å²) in [4.78, 5) is 10.5. The molecule has 0 saturated heterocycles. The molecule has 4 heteroatoms. The van der Waals surface area contributed by atoms with Gasteiger partial charge in [-0.2, -0.15) is 0 Å². The molecule has 16 heavy (non-hydrogen) atoms. The lowest BCUT2D eigenvalue weighted by Crippen LogP contribution is -1.93. The third kappa shape index (κ3) is 1.52. The summed E-state index contributed by atoms with van der Waals surface area (Å²) in [7, 11) is 0. The number of thiophene rings is 1. The molecule has 1 N–H and O–H groups in total. The zero-order valence-corrected chi connectivity index (χ0v) is 11.1. The quantitative estimate of drug-likeness (QED) is 0.813. The number of aromatic nitrogens is 2. The Hall–Kier alpha value is -0.740. The lowest BCUT2D eigenvalue weighted by molar-refractivity contribution is 0.944. The lowest BCUT2D eigenvalue weighted by atomic mass is 10.1. The van der Waals surface area contributed by atoms with Gasteiger partial charge in [-0.3, -0.25) is 0 Å². The van der Waals surface area contributed by atoms with Gasteiger partial charge in [0.05, 0.1) is 0 Å². The first-order valence-electron chi connectivity index (χ1n) is 5.73. The van der Waals surface area contributed by atoms with E-state index >= 15 is 0 Å². The highest BCUT2D eigenvalue weighted by Gasteiger charge is 2.26. The molecule has 0 spiro atoms. The van der Waals surface area contributed by atoms with E-state index in [1.165, 1.54) is 28.7 Å². The predicted molar refractivity (Wildman–Crippen MR) is 70.9 cm³/mol. The monoisotopic (exact) mass is 250 g/mol. The van der Waals surface area contributed by atoms with Crippen molar-refractivity contribution in [3.8, 4) is 0 Å². The second-order valence-corrected chi connectivity index (χ2v) is 6.01. The van der Waals surface area contributed by atoms with Gasteiger partial charge >= 0.3 is 0 Å². The number of H-pyrrole nitrogens is 1. The van der Waals surface area contributed by atoms with E-state index in [1.807, 2.05) is 0 Å². The number of aromatic amines is 1. The number of fused-ring (bicyclic) bond motifs is 1. The molecule has 0 amide bonds. The second kappa shape index (κ2) is 3.64. The van der Waals surface area contributed by atoms with Crippen LogP contribution in [-0.2, 0) is 6.42 Å². The molecule has 0 aromatic carbocycles. The fourth-order valence-corrected chi connectivity index (χ4v) is 3.69. The molecule has 0 bridgehead atoms. The van der Waals surface area contributed by atoms with Crippen LogP contribution in [0.1, 0.15) is 41.9 Å². The van der Waals surface area contributed by atoms with Gasteiger partial charge in [-0.25, -0.2) is 4.98 Å². The van der Waals surface area contributed by atoms with Crippen molar-refractivity contribution in [2.45, 2.75) is 39.0 Å². The van der Waals surface area contributed by atoms with Crippen LogP contribution in [0.5, 0.6) is 0 Å². The molecule has 0 unspecified atom stereocenters. The molecule has 1 aliphatic rings. The maximum Gasteiger partial charge on any atom is 0.128 e. The second-order valence-electron chi connectivity index (χ2n) is 4.40. The van der Waals surface area contributed by atoms with Crippen molar-refractivity contribution in [3.63, 3.8) is 0 Å². The zero-order valence-electron chi connectivity index (χ0n) is 9.46. The molecule has 2 aromatic rings. The molecule has 1 fully saturated rings. The highest BCUT2D eigenvalue weighted by atomic mass is 32.1. The van der Waals surface area contributed by atoms with Crippen LogP contribution in [-0.4, -0.2) is 9.97 Å². The number of rotatable bonds is 2. The minimum Gasteiger partial charge on any atom is -0.334 e. The summed E-state index contributed by atoms with van der Waals surface area (Å²) in [6, 6.07) is 0. The van der Waals surface area contributed by atoms with Crippen LogP contribution in [0.4, 0.5) is 0 Å². The van der Waals surface area contributed by atoms with Crippen LogP contribution in [0.2, 0.25) is 0 Å². The van der Waals surface area contributed by atoms with Gasteiger partial charge < -0.3 is 4.98 Å². The third-order valence-corrected chi connectivity index (χ3v) is 4.55. The SMILES string of the molecule is CCc1c(C)sc2nc(C3CC3)[nH]c(=S)c12. The Morgan fingerprint density at radius 3 is 2.88 bits per heavy atom. The van der Waals surface area contributed by atoms with E-state index in [4.69, 9.17) is 17.2 Å². The van der Waals surface area contributed by atoms with Crippen molar-refractivity contribution in [1.29, 1.82) is 0 Å². The topological polar surface area (TPSA) is 28.7 Å². The summed E-state index contributed by atoms with van der Waals surface area (Å²) < 4.78 is 0.883. The maximum atomic E-state index is 5.47. The van der Waals surface area contributed by atoms with Gasteiger partial charge in [-0.1, -0.05) is 19.1 Å². The van der Waals surface area contributed by atoms with E-state index in [-0.39, 0.29) is 0 Å². The Morgan fingerprint density at radius 1 is 1.50 bits per heavy atom. The van der Waals surface area contributed by atoms with Crippen LogP contribution in [0.3, 0.4) is 0 Å². The van der Waals surface area contributed by atoms with Crippen LogP contribution in [0.25, 0.3) is 10.2 Å². The first kappa shape index (κ1) is 10.4. The van der Waals surface area contributed by atoms with Crippen molar-refractivity contribution in [2.24, 2.45) is 0 Å². The number of nitrogens with zero attached hydrogens (tertiary/aromatic N) is 1. The molecule has 2 nitrogen and oxygen atoms in total. The van der Waals surface area contributed by atoms with Gasteiger partial charge in [-0.15, -0.1) is 11.3 Å². The number of hydrogen-bond donors (Lipinski definition) is 1. The number of hydrogen-bond acceptors (Lipinski definition) is 3. The number of aryl methyl sites for hydroxylation is 2. The zero-order chi connectivity index (χ0) is 11.3. The molecule has 1 aliphatic carbocycles. The van der Waals surface area contributed by atoms with Crippen molar-refractivity contribution in [2.75, 3.05) is 0 Å². The fraction of sp³-hybridized carbons (Fsp3) is 0.500. The van der Waals surface area contributed by atoms with Gasteiger partial charge in [0.1, 0.15) is 15.3 Å². The van der Waals surface area contributed by atoms with Crippen LogP contribution < -0.4 is 0 Å². The van der Waals surface area contributed by atoms with Gasteiger partial charge in [0.2, 0.25) is 0 Å². The first-order valence-corrected chi connectivity index (χ1v) is 6.95. The molecular weight excluding hydrogens is 236 g/mol. The van der Waals surface area contributed by atoms with E-state index in [9.17, 15) is 0 Å². The average molecular weight is 250 g/mol. The van der Waals surface area contributed by atoms with Crippen LogP contribution >= 0.6 is 23.6 Å². The summed E-state index contributed by atoms with van der Waals surface area (Å²) in [5.41, 5.74) is 1.37. The molecule has 3 rings (SSSR count). The minimum absolute atomic E-state index is 0.638. The van der Waals surface area contributed by atoms with Gasteiger partial charge in [0.15, 0.2) is 0 Å². The summed E-state index contributed by atoms with van der Waals surface area (Å²) in [6.07, 6.45) is 3.55. The Labute approximate surface area is 104 Å².